The highest BCUT2D eigenvalue weighted by Gasteiger charge is 2.19. The van der Waals surface area contributed by atoms with Crippen molar-refractivity contribution in [3.8, 4) is 0 Å². The highest BCUT2D eigenvalue weighted by molar-refractivity contribution is 6.06. The standard InChI is InChI=1S/C40H48O4/c41-39-37-27-17-18-28-38(37)40(42)44-30-20-10-6-2-4-8-12-22-32-35-25-15-13-23-33(35)31(34-24-14-16-26-36(32)34)21-11-7-3-1-5-9-19-29-43-39/h13-18,23-28H,1-12,19-22,29-30H2. The average Bonchev–Trinajstić information content (AvgIpc) is 3.06. The maximum atomic E-state index is 12.7. The summed E-state index contributed by atoms with van der Waals surface area (Å²) in [5, 5.41) is 5.75. The minimum Gasteiger partial charge on any atom is -0.462 e. The summed E-state index contributed by atoms with van der Waals surface area (Å²) < 4.78 is 11.1. The molecule has 0 amide bonds. The van der Waals surface area contributed by atoms with E-state index < -0.39 is 11.9 Å². The third kappa shape index (κ3) is 8.49. The van der Waals surface area contributed by atoms with Crippen LogP contribution >= 0.6 is 0 Å². The van der Waals surface area contributed by atoms with Crippen molar-refractivity contribution in [1.29, 1.82) is 0 Å². The Labute approximate surface area is 263 Å². The molecule has 1 aliphatic heterocycles. The van der Waals surface area contributed by atoms with Gasteiger partial charge in [0.05, 0.1) is 24.3 Å². The molecule has 4 heteroatoms. The molecule has 1 heterocycles. The first kappa shape index (κ1) is 31.8. The smallest absolute Gasteiger partial charge is 0.339 e. The van der Waals surface area contributed by atoms with E-state index in [1.807, 2.05) is 0 Å². The number of rotatable bonds is 0. The van der Waals surface area contributed by atoms with Gasteiger partial charge in [0.2, 0.25) is 0 Å². The Hall–Kier alpha value is -3.66. The molecule has 0 unspecified atom stereocenters. The molecule has 0 spiro atoms. The lowest BCUT2D eigenvalue weighted by molar-refractivity contribution is 0.0450. The molecule has 2 bridgehead atoms. The van der Waals surface area contributed by atoms with Crippen LogP contribution in [0.25, 0.3) is 21.5 Å². The van der Waals surface area contributed by atoms with E-state index in [9.17, 15) is 9.59 Å². The van der Waals surface area contributed by atoms with Gasteiger partial charge in [0.25, 0.3) is 0 Å². The molecule has 5 rings (SSSR count). The Morgan fingerprint density at radius 1 is 0.364 bits per heavy atom. The zero-order valence-electron chi connectivity index (χ0n) is 26.3. The summed E-state index contributed by atoms with van der Waals surface area (Å²) in [6.45, 7) is 0.747. The molecule has 44 heavy (non-hydrogen) atoms. The summed E-state index contributed by atoms with van der Waals surface area (Å²) in [6.07, 6.45) is 18.0. The third-order valence-corrected chi connectivity index (χ3v) is 9.13. The first-order valence-corrected chi connectivity index (χ1v) is 17.1. The normalized spacial score (nSPS) is 17.7. The molecular formula is C40H48O4. The Morgan fingerprint density at radius 2 is 0.659 bits per heavy atom. The lowest BCUT2D eigenvalue weighted by Gasteiger charge is -2.17. The molecule has 0 radical (unpaired) electrons. The molecule has 0 N–H and O–H groups in total. The first-order valence-electron chi connectivity index (χ1n) is 17.1. The Balaban J connectivity index is 1.23. The predicted octanol–water partition coefficient (Wildman–Crippen LogP) is 10.6. The molecular weight excluding hydrogens is 544 g/mol. The van der Waals surface area contributed by atoms with Crippen molar-refractivity contribution in [2.75, 3.05) is 13.2 Å². The minimum atomic E-state index is -0.446. The van der Waals surface area contributed by atoms with Crippen LogP contribution in [0.4, 0.5) is 0 Å². The fraction of sp³-hybridized carbons (Fsp3) is 0.450. The second-order valence-corrected chi connectivity index (χ2v) is 12.3. The molecule has 0 fully saturated rings. The SMILES string of the molecule is O=C1OCCCCCCCCCc2c3ccccc3c(c3ccccc23)CCCCCCCCCOC(=O)c2ccccc21. The van der Waals surface area contributed by atoms with E-state index in [-0.39, 0.29) is 0 Å². The van der Waals surface area contributed by atoms with Crippen LogP contribution in [0.15, 0.2) is 72.8 Å². The fourth-order valence-corrected chi connectivity index (χ4v) is 6.75. The van der Waals surface area contributed by atoms with Gasteiger partial charge in [-0.15, -0.1) is 0 Å². The number of benzene rings is 4. The zero-order valence-corrected chi connectivity index (χ0v) is 26.3. The summed E-state index contributed by atoms with van der Waals surface area (Å²) >= 11 is 0. The van der Waals surface area contributed by atoms with Crippen molar-refractivity contribution in [3.05, 3.63) is 95.1 Å². The van der Waals surface area contributed by atoms with Crippen molar-refractivity contribution < 1.29 is 19.1 Å². The number of cyclic esters (lactones) is 2. The number of aryl methyl sites for hydroxylation is 2. The summed E-state index contributed by atoms with van der Waals surface area (Å²) in [5.41, 5.74) is 3.62. The number of hydrogen-bond acceptors (Lipinski definition) is 4. The maximum absolute atomic E-state index is 12.7. The second-order valence-electron chi connectivity index (χ2n) is 12.3. The van der Waals surface area contributed by atoms with Crippen molar-refractivity contribution in [2.24, 2.45) is 0 Å². The number of fused-ring (bicyclic) bond motifs is 4. The van der Waals surface area contributed by atoms with Crippen molar-refractivity contribution >= 4 is 33.5 Å². The molecule has 0 aromatic heterocycles. The van der Waals surface area contributed by atoms with E-state index in [1.54, 1.807) is 24.3 Å². The van der Waals surface area contributed by atoms with Gasteiger partial charge < -0.3 is 9.47 Å². The Kier molecular flexibility index (Phi) is 12.3. The van der Waals surface area contributed by atoms with Gasteiger partial charge in [-0.05, 0) is 83.3 Å². The number of hydrogen-bond donors (Lipinski definition) is 0. The van der Waals surface area contributed by atoms with Crippen LogP contribution in [0.1, 0.15) is 122 Å². The Morgan fingerprint density at radius 3 is 1.02 bits per heavy atom. The van der Waals surface area contributed by atoms with Gasteiger partial charge in [-0.1, -0.05) is 125 Å². The molecule has 4 aromatic rings. The highest BCUT2D eigenvalue weighted by Crippen LogP contribution is 2.35. The number of carbonyl (C=O) groups is 2. The molecule has 0 aliphatic carbocycles. The second kappa shape index (κ2) is 17.0. The van der Waals surface area contributed by atoms with E-state index >= 15 is 0 Å². The topological polar surface area (TPSA) is 52.6 Å². The number of carbonyl (C=O) groups excluding carboxylic acids is 2. The third-order valence-electron chi connectivity index (χ3n) is 9.13. The monoisotopic (exact) mass is 592 g/mol. The molecule has 4 aromatic carbocycles. The predicted molar refractivity (Wildman–Crippen MR) is 181 cm³/mol. The van der Waals surface area contributed by atoms with Gasteiger partial charge in [0.15, 0.2) is 0 Å². The van der Waals surface area contributed by atoms with Crippen LogP contribution in [0.3, 0.4) is 0 Å². The van der Waals surface area contributed by atoms with Crippen LogP contribution in [-0.2, 0) is 22.3 Å². The molecule has 232 valence electrons. The molecule has 0 atom stereocenters. The highest BCUT2D eigenvalue weighted by atomic mass is 16.5. The maximum Gasteiger partial charge on any atom is 0.339 e. The van der Waals surface area contributed by atoms with Gasteiger partial charge in [-0.2, -0.15) is 0 Å². The molecule has 1 aliphatic rings. The van der Waals surface area contributed by atoms with Crippen LogP contribution in [0.5, 0.6) is 0 Å². The van der Waals surface area contributed by atoms with Crippen LogP contribution < -0.4 is 0 Å². The van der Waals surface area contributed by atoms with E-state index in [0.717, 1.165) is 51.4 Å². The van der Waals surface area contributed by atoms with E-state index in [2.05, 4.69) is 48.5 Å². The Bertz CT molecular complexity index is 1350. The van der Waals surface area contributed by atoms with Crippen molar-refractivity contribution in [1.82, 2.24) is 0 Å². The van der Waals surface area contributed by atoms with Crippen molar-refractivity contribution in [3.63, 3.8) is 0 Å². The largest absolute Gasteiger partial charge is 0.462 e. The molecule has 4 nitrogen and oxygen atoms in total. The van der Waals surface area contributed by atoms with E-state index in [0.29, 0.717) is 24.3 Å². The van der Waals surface area contributed by atoms with Crippen LogP contribution in [0, 0.1) is 0 Å². The lowest BCUT2D eigenvalue weighted by atomic mass is 9.87. The average molecular weight is 593 g/mol. The first-order chi connectivity index (χ1) is 21.7. The quantitative estimate of drug-likeness (QED) is 0.151. The van der Waals surface area contributed by atoms with Gasteiger partial charge in [-0.25, -0.2) is 9.59 Å². The zero-order chi connectivity index (χ0) is 30.4. The van der Waals surface area contributed by atoms with E-state index in [1.165, 1.54) is 84.0 Å². The molecule has 0 saturated heterocycles. The van der Waals surface area contributed by atoms with Gasteiger partial charge in [0.1, 0.15) is 0 Å². The van der Waals surface area contributed by atoms with Crippen LogP contribution in [0.2, 0.25) is 0 Å². The summed E-state index contributed by atoms with van der Waals surface area (Å²) in [4.78, 5) is 25.5. The van der Waals surface area contributed by atoms with Gasteiger partial charge >= 0.3 is 11.9 Å². The van der Waals surface area contributed by atoms with Gasteiger partial charge in [0, 0.05) is 0 Å². The fourth-order valence-electron chi connectivity index (χ4n) is 6.75. The summed E-state index contributed by atoms with van der Waals surface area (Å²) in [5.74, 6) is -0.891. The molecule has 0 saturated carbocycles. The number of ether oxygens (including phenoxy) is 2. The van der Waals surface area contributed by atoms with Crippen molar-refractivity contribution in [2.45, 2.75) is 103 Å². The lowest BCUT2D eigenvalue weighted by Crippen LogP contribution is -2.15. The van der Waals surface area contributed by atoms with E-state index in [4.69, 9.17) is 9.47 Å². The van der Waals surface area contributed by atoms with Gasteiger partial charge in [-0.3, -0.25) is 0 Å². The summed E-state index contributed by atoms with van der Waals surface area (Å²) in [6, 6.07) is 25.0. The van der Waals surface area contributed by atoms with Crippen LogP contribution in [-0.4, -0.2) is 25.2 Å². The number of esters is 2. The summed E-state index contributed by atoms with van der Waals surface area (Å²) in [7, 11) is 0. The minimum absolute atomic E-state index is 0.292.